The number of aliphatic carboxylic acids is 1. The zero-order valence-electron chi connectivity index (χ0n) is 14.8. The molecule has 1 aromatic carbocycles. The van der Waals surface area contributed by atoms with E-state index < -0.39 is 12.0 Å². The van der Waals surface area contributed by atoms with Crippen LogP contribution in [-0.4, -0.2) is 38.2 Å². The number of nitrogens with one attached hydrogen (secondary N) is 2. The zero-order chi connectivity index (χ0) is 19.7. The fourth-order valence-corrected chi connectivity index (χ4v) is 4.56. The summed E-state index contributed by atoms with van der Waals surface area (Å²) in [5.74, 6) is -0.999. The van der Waals surface area contributed by atoms with Gasteiger partial charge in [-0.2, -0.15) is 0 Å². The smallest absolute Gasteiger partial charge is 0.305 e. The van der Waals surface area contributed by atoms with Gasteiger partial charge in [0.25, 0.3) is 5.91 Å². The SMILES string of the molecule is O=C(O)CC(Cc1nc2ccc(F)cc2[nH]1)NC(=O)C1=CC2C=CC=CC2S1. The third-order valence-electron chi connectivity index (χ3n) is 4.64. The fourth-order valence-electron chi connectivity index (χ4n) is 3.37. The summed E-state index contributed by atoms with van der Waals surface area (Å²) in [6.07, 6.45) is 9.89. The Hall–Kier alpha value is -2.87. The lowest BCUT2D eigenvalue weighted by Crippen LogP contribution is -2.38. The molecule has 2 heterocycles. The molecule has 8 heteroatoms. The topological polar surface area (TPSA) is 95.1 Å². The van der Waals surface area contributed by atoms with Crippen LogP contribution in [0.3, 0.4) is 0 Å². The Morgan fingerprint density at radius 2 is 2.14 bits per heavy atom. The molecular formula is C20H18FN3O3S. The predicted octanol–water partition coefficient (Wildman–Crippen LogP) is 2.95. The van der Waals surface area contributed by atoms with Gasteiger partial charge in [-0.1, -0.05) is 30.4 Å². The molecule has 6 nitrogen and oxygen atoms in total. The molecule has 3 unspecified atom stereocenters. The molecule has 28 heavy (non-hydrogen) atoms. The van der Waals surface area contributed by atoms with Gasteiger partial charge in [-0.05, 0) is 18.2 Å². The van der Waals surface area contributed by atoms with E-state index in [9.17, 15) is 19.1 Å². The Labute approximate surface area is 164 Å². The lowest BCUT2D eigenvalue weighted by atomic mass is 10.0. The van der Waals surface area contributed by atoms with Crippen molar-refractivity contribution in [2.75, 3.05) is 0 Å². The van der Waals surface area contributed by atoms with Crippen molar-refractivity contribution < 1.29 is 19.1 Å². The molecule has 0 saturated heterocycles. The number of carboxylic acids is 1. The molecule has 4 rings (SSSR count). The number of carbonyl (C=O) groups is 2. The molecule has 0 radical (unpaired) electrons. The maximum absolute atomic E-state index is 13.4. The molecule has 1 amide bonds. The van der Waals surface area contributed by atoms with E-state index in [1.165, 1.54) is 23.9 Å². The average molecular weight is 399 g/mol. The van der Waals surface area contributed by atoms with Gasteiger partial charge in [-0.3, -0.25) is 9.59 Å². The van der Waals surface area contributed by atoms with Gasteiger partial charge in [0.05, 0.1) is 22.4 Å². The summed E-state index contributed by atoms with van der Waals surface area (Å²) in [7, 11) is 0. The zero-order valence-corrected chi connectivity index (χ0v) is 15.6. The van der Waals surface area contributed by atoms with Gasteiger partial charge in [-0.15, -0.1) is 11.8 Å². The van der Waals surface area contributed by atoms with Gasteiger partial charge in [-0.25, -0.2) is 9.37 Å². The Balaban J connectivity index is 1.48. The van der Waals surface area contributed by atoms with E-state index in [0.29, 0.717) is 21.8 Å². The van der Waals surface area contributed by atoms with E-state index in [4.69, 9.17) is 0 Å². The first-order chi connectivity index (χ1) is 13.5. The number of thioether (sulfide) groups is 1. The molecule has 0 fully saturated rings. The number of hydrogen-bond donors (Lipinski definition) is 3. The van der Waals surface area contributed by atoms with Crippen LogP contribution in [0, 0.1) is 11.7 Å². The first kappa shape index (κ1) is 18.5. The number of carbonyl (C=O) groups excluding carboxylic acids is 1. The number of rotatable bonds is 6. The number of imidazole rings is 1. The highest BCUT2D eigenvalue weighted by atomic mass is 32.2. The lowest BCUT2D eigenvalue weighted by molar-refractivity contribution is -0.137. The molecule has 3 atom stereocenters. The number of allylic oxidation sites excluding steroid dienone is 4. The van der Waals surface area contributed by atoms with Crippen molar-refractivity contribution in [2.24, 2.45) is 5.92 Å². The molecule has 0 saturated carbocycles. The van der Waals surface area contributed by atoms with Crippen LogP contribution in [0.2, 0.25) is 0 Å². The molecule has 1 aliphatic carbocycles. The van der Waals surface area contributed by atoms with Crippen LogP contribution in [0.15, 0.2) is 53.5 Å². The van der Waals surface area contributed by atoms with E-state index in [2.05, 4.69) is 15.3 Å². The van der Waals surface area contributed by atoms with E-state index in [0.717, 1.165) is 0 Å². The molecule has 2 aliphatic rings. The van der Waals surface area contributed by atoms with Crippen molar-refractivity contribution in [2.45, 2.75) is 24.1 Å². The van der Waals surface area contributed by atoms with Gasteiger partial charge in [0.2, 0.25) is 0 Å². The lowest BCUT2D eigenvalue weighted by Gasteiger charge is -2.16. The van der Waals surface area contributed by atoms with Crippen molar-refractivity contribution in [1.29, 1.82) is 0 Å². The number of carboxylic acid groups (broad SMARTS) is 1. The van der Waals surface area contributed by atoms with Gasteiger partial charge in [0, 0.05) is 23.6 Å². The summed E-state index contributed by atoms with van der Waals surface area (Å²) < 4.78 is 13.4. The van der Waals surface area contributed by atoms with Crippen LogP contribution in [-0.2, 0) is 16.0 Å². The quantitative estimate of drug-likeness (QED) is 0.694. The molecule has 1 aromatic heterocycles. The van der Waals surface area contributed by atoms with Crippen molar-refractivity contribution >= 4 is 34.7 Å². The van der Waals surface area contributed by atoms with Gasteiger partial charge in [0.1, 0.15) is 11.6 Å². The highest BCUT2D eigenvalue weighted by molar-refractivity contribution is 8.05. The molecule has 0 spiro atoms. The second-order valence-corrected chi connectivity index (χ2v) is 8.00. The number of halogens is 1. The number of aromatic nitrogens is 2. The standard InChI is InChI=1S/C20H18FN3O3S/c21-12-5-6-14-15(8-12)24-18(23-14)9-13(10-19(25)26)22-20(27)17-7-11-3-1-2-4-16(11)28-17/h1-8,11,13,16H,9-10H2,(H,22,27)(H,23,24)(H,25,26). The third-order valence-corrected chi connectivity index (χ3v) is 5.96. The highest BCUT2D eigenvalue weighted by Gasteiger charge is 2.30. The van der Waals surface area contributed by atoms with E-state index >= 15 is 0 Å². The van der Waals surface area contributed by atoms with E-state index in [1.54, 1.807) is 6.07 Å². The number of nitrogens with zero attached hydrogens (tertiary/aromatic N) is 1. The number of aromatic amines is 1. The van der Waals surface area contributed by atoms with Gasteiger partial charge < -0.3 is 15.4 Å². The largest absolute Gasteiger partial charge is 0.481 e. The van der Waals surface area contributed by atoms with Gasteiger partial charge >= 0.3 is 5.97 Å². The normalized spacial score (nSPS) is 21.4. The number of fused-ring (bicyclic) bond motifs is 2. The number of amides is 1. The van der Waals surface area contributed by atoms with Crippen molar-refractivity contribution in [3.05, 3.63) is 65.1 Å². The van der Waals surface area contributed by atoms with Crippen LogP contribution < -0.4 is 5.32 Å². The second-order valence-electron chi connectivity index (χ2n) is 6.78. The van der Waals surface area contributed by atoms with Crippen LogP contribution in [0.25, 0.3) is 11.0 Å². The van der Waals surface area contributed by atoms with Crippen molar-refractivity contribution in [3.8, 4) is 0 Å². The second kappa shape index (κ2) is 7.63. The molecule has 144 valence electrons. The minimum Gasteiger partial charge on any atom is -0.481 e. The molecule has 0 bridgehead atoms. The number of H-pyrrole nitrogens is 1. The van der Waals surface area contributed by atoms with Crippen LogP contribution in [0.5, 0.6) is 0 Å². The molecule has 1 aliphatic heterocycles. The maximum Gasteiger partial charge on any atom is 0.305 e. The monoisotopic (exact) mass is 399 g/mol. The first-order valence-electron chi connectivity index (χ1n) is 8.88. The number of benzene rings is 1. The Bertz CT molecular complexity index is 1030. The first-order valence-corrected chi connectivity index (χ1v) is 9.76. The summed E-state index contributed by atoms with van der Waals surface area (Å²) in [4.78, 5) is 31.9. The van der Waals surface area contributed by atoms with Crippen LogP contribution in [0.4, 0.5) is 4.39 Å². The third kappa shape index (κ3) is 4.01. The molecular weight excluding hydrogens is 381 g/mol. The maximum atomic E-state index is 13.4. The molecule has 2 aromatic rings. The highest BCUT2D eigenvalue weighted by Crippen LogP contribution is 2.39. The summed E-state index contributed by atoms with van der Waals surface area (Å²) in [6, 6.07) is 3.57. The summed E-state index contributed by atoms with van der Waals surface area (Å²) in [6.45, 7) is 0. The van der Waals surface area contributed by atoms with Crippen LogP contribution in [0.1, 0.15) is 12.2 Å². The van der Waals surface area contributed by atoms with Crippen molar-refractivity contribution in [3.63, 3.8) is 0 Å². The van der Waals surface area contributed by atoms with Crippen LogP contribution >= 0.6 is 11.8 Å². The Kier molecular flexibility index (Phi) is 5.04. The van der Waals surface area contributed by atoms with Crippen molar-refractivity contribution in [1.82, 2.24) is 15.3 Å². The summed E-state index contributed by atoms with van der Waals surface area (Å²) >= 11 is 1.47. The summed E-state index contributed by atoms with van der Waals surface area (Å²) in [5.41, 5.74) is 1.13. The van der Waals surface area contributed by atoms with E-state index in [1.807, 2.05) is 30.4 Å². The Morgan fingerprint density at radius 1 is 1.32 bits per heavy atom. The number of hydrogen-bond acceptors (Lipinski definition) is 4. The minimum absolute atomic E-state index is 0.180. The molecule has 3 N–H and O–H groups in total. The predicted molar refractivity (Wildman–Crippen MR) is 105 cm³/mol. The summed E-state index contributed by atoms with van der Waals surface area (Å²) in [5, 5.41) is 12.2. The fraction of sp³-hybridized carbons (Fsp3) is 0.250. The van der Waals surface area contributed by atoms with E-state index in [-0.39, 0.29) is 35.7 Å². The Morgan fingerprint density at radius 3 is 2.93 bits per heavy atom. The van der Waals surface area contributed by atoms with Gasteiger partial charge in [0.15, 0.2) is 0 Å². The minimum atomic E-state index is -1.01. The average Bonchev–Trinajstić information content (AvgIpc) is 3.23.